The highest BCUT2D eigenvalue weighted by Crippen LogP contribution is 2.34. The Morgan fingerprint density at radius 1 is 0.961 bits per heavy atom. The van der Waals surface area contributed by atoms with Gasteiger partial charge in [-0.1, -0.05) is 19.1 Å². The maximum absolute atomic E-state index is 14.4. The van der Waals surface area contributed by atoms with Gasteiger partial charge < -0.3 is 44.7 Å². The van der Waals surface area contributed by atoms with Crippen LogP contribution in [0.1, 0.15) is 66.3 Å². The first-order valence-corrected chi connectivity index (χ1v) is 17.3. The van der Waals surface area contributed by atoms with Crippen LogP contribution in [0.25, 0.3) is 0 Å². The molecule has 13 nitrogen and oxygen atoms in total. The molecular weight excluding hydrogens is 656 g/mol. The minimum atomic E-state index is -0.966. The third-order valence-electron chi connectivity index (χ3n) is 9.08. The SMILES string of the molecule is C[C@@H]1CCCCO[C@H](CN(C)Cc2ccc(C(=O)O)cc2)[C@H](C)CN([C@H](C)CO)C(=O)c2cc(NC(=O)Nc3ccc4c(c3)OCO4)ccc2O1. The zero-order valence-electron chi connectivity index (χ0n) is 29.6. The minimum absolute atomic E-state index is 0.122. The summed E-state index contributed by atoms with van der Waals surface area (Å²) in [5.41, 5.74) is 2.38. The molecule has 3 aromatic carbocycles. The Labute approximate surface area is 298 Å². The van der Waals surface area contributed by atoms with Gasteiger partial charge in [0, 0.05) is 49.6 Å². The van der Waals surface area contributed by atoms with Crippen LogP contribution >= 0.6 is 0 Å². The van der Waals surface area contributed by atoms with Crippen molar-refractivity contribution in [1.29, 1.82) is 0 Å². The van der Waals surface area contributed by atoms with E-state index in [1.54, 1.807) is 60.4 Å². The van der Waals surface area contributed by atoms with Crippen LogP contribution in [-0.2, 0) is 11.3 Å². The zero-order chi connectivity index (χ0) is 36.5. The van der Waals surface area contributed by atoms with Crippen molar-refractivity contribution in [3.05, 3.63) is 77.4 Å². The number of benzene rings is 3. The first-order chi connectivity index (χ1) is 24.5. The van der Waals surface area contributed by atoms with E-state index in [1.165, 1.54) is 0 Å². The molecule has 2 aliphatic rings. The lowest BCUT2D eigenvalue weighted by Gasteiger charge is -2.36. The number of aliphatic hydroxyl groups is 1. The van der Waals surface area contributed by atoms with E-state index in [1.807, 2.05) is 33.0 Å². The number of urea groups is 1. The van der Waals surface area contributed by atoms with E-state index in [2.05, 4.69) is 15.5 Å². The fourth-order valence-electron chi connectivity index (χ4n) is 6.17. The molecule has 274 valence electrons. The lowest BCUT2D eigenvalue weighted by molar-refractivity contribution is -0.0177. The lowest BCUT2D eigenvalue weighted by atomic mass is 10.0. The smallest absolute Gasteiger partial charge is 0.335 e. The number of nitrogens with zero attached hydrogens (tertiary/aromatic N) is 2. The molecule has 2 heterocycles. The summed E-state index contributed by atoms with van der Waals surface area (Å²) < 4.78 is 23.5. The van der Waals surface area contributed by atoms with Gasteiger partial charge in [-0.2, -0.15) is 0 Å². The van der Waals surface area contributed by atoms with Crippen LogP contribution in [0, 0.1) is 5.92 Å². The first-order valence-electron chi connectivity index (χ1n) is 17.3. The van der Waals surface area contributed by atoms with Crippen LogP contribution in [0.15, 0.2) is 60.7 Å². The van der Waals surface area contributed by atoms with E-state index >= 15 is 0 Å². The van der Waals surface area contributed by atoms with Gasteiger partial charge >= 0.3 is 12.0 Å². The van der Waals surface area contributed by atoms with Crippen molar-refractivity contribution < 1.29 is 43.5 Å². The lowest BCUT2D eigenvalue weighted by Crippen LogP contribution is -2.47. The summed E-state index contributed by atoms with van der Waals surface area (Å²) in [6.45, 7) is 7.66. The molecule has 0 unspecified atom stereocenters. The normalized spacial score (nSPS) is 20.2. The number of anilines is 2. The maximum Gasteiger partial charge on any atom is 0.335 e. The summed E-state index contributed by atoms with van der Waals surface area (Å²) in [6, 6.07) is 15.9. The molecule has 3 amide bonds. The highest BCUT2D eigenvalue weighted by atomic mass is 16.7. The van der Waals surface area contributed by atoms with Crippen molar-refractivity contribution in [3.8, 4) is 17.2 Å². The van der Waals surface area contributed by atoms with E-state index in [0.717, 1.165) is 24.8 Å². The number of hydrogen-bond donors (Lipinski definition) is 4. The van der Waals surface area contributed by atoms with Gasteiger partial charge in [-0.15, -0.1) is 0 Å². The second kappa shape index (κ2) is 17.4. The Kier molecular flexibility index (Phi) is 12.8. The predicted molar refractivity (Wildman–Crippen MR) is 192 cm³/mol. The Morgan fingerprint density at radius 3 is 2.35 bits per heavy atom. The average Bonchev–Trinajstić information content (AvgIpc) is 3.57. The number of likely N-dealkylation sites (N-methyl/N-ethyl adjacent to an activating group) is 1. The van der Waals surface area contributed by atoms with E-state index in [0.29, 0.717) is 54.9 Å². The molecule has 2 aliphatic heterocycles. The standard InChI is InChI=1S/C38H48N4O9/c1-24-19-42(25(2)22-43)36(44)31-17-29(39-38(47)40-30-13-15-33-34(18-30)50-23-49-33)12-14-32(31)51-26(3)7-5-6-16-48-35(24)21-41(4)20-27-8-10-28(11-9-27)37(45)46/h8-15,17-18,24-26,35,43H,5-7,16,19-23H2,1-4H3,(H,45,46)(H2,39,40,47)/t24-,25-,26-,35-/m1/s1. The quantitative estimate of drug-likeness (QED) is 0.218. The van der Waals surface area contributed by atoms with Gasteiger partial charge in [0.15, 0.2) is 11.5 Å². The summed E-state index contributed by atoms with van der Waals surface area (Å²) >= 11 is 0. The van der Waals surface area contributed by atoms with Crippen LogP contribution in [-0.4, -0.2) is 96.3 Å². The predicted octanol–water partition coefficient (Wildman–Crippen LogP) is 5.69. The first kappa shape index (κ1) is 37.4. The van der Waals surface area contributed by atoms with Crippen LogP contribution < -0.4 is 24.8 Å². The molecular formula is C38H48N4O9. The minimum Gasteiger partial charge on any atom is -0.490 e. The Bertz CT molecular complexity index is 1670. The number of carbonyl (C=O) groups excluding carboxylic acids is 2. The fraction of sp³-hybridized carbons (Fsp3) is 0.447. The van der Waals surface area contributed by atoms with Crippen molar-refractivity contribution in [2.75, 3.05) is 50.8 Å². The number of carbonyl (C=O) groups is 3. The van der Waals surface area contributed by atoms with E-state index in [-0.39, 0.29) is 48.6 Å². The van der Waals surface area contributed by atoms with Crippen molar-refractivity contribution in [2.24, 2.45) is 5.92 Å². The number of fused-ring (bicyclic) bond motifs is 2. The van der Waals surface area contributed by atoms with Crippen LogP contribution in [0.4, 0.5) is 16.2 Å². The van der Waals surface area contributed by atoms with Gasteiger partial charge in [0.1, 0.15) is 5.75 Å². The third kappa shape index (κ3) is 10.1. The molecule has 0 saturated heterocycles. The molecule has 4 atom stereocenters. The summed E-state index contributed by atoms with van der Waals surface area (Å²) in [4.78, 5) is 42.5. The molecule has 0 fully saturated rings. The van der Waals surface area contributed by atoms with Gasteiger partial charge in [-0.05, 0) is 88.2 Å². The third-order valence-corrected chi connectivity index (χ3v) is 9.08. The fourth-order valence-corrected chi connectivity index (χ4v) is 6.17. The molecule has 13 heteroatoms. The van der Waals surface area contributed by atoms with Crippen LogP contribution in [0.3, 0.4) is 0 Å². The van der Waals surface area contributed by atoms with E-state index in [4.69, 9.17) is 18.9 Å². The number of carboxylic acid groups (broad SMARTS) is 1. The van der Waals surface area contributed by atoms with Gasteiger partial charge in [0.05, 0.1) is 36.0 Å². The Balaban J connectivity index is 1.35. The second-order valence-electron chi connectivity index (χ2n) is 13.4. The molecule has 0 spiro atoms. The van der Waals surface area contributed by atoms with Gasteiger partial charge in [-0.3, -0.25) is 9.69 Å². The molecule has 5 rings (SSSR count). The second-order valence-corrected chi connectivity index (χ2v) is 13.4. The van der Waals surface area contributed by atoms with Gasteiger partial charge in [-0.25, -0.2) is 9.59 Å². The molecule has 51 heavy (non-hydrogen) atoms. The highest BCUT2D eigenvalue weighted by molar-refractivity contribution is 6.02. The van der Waals surface area contributed by atoms with Crippen molar-refractivity contribution in [3.63, 3.8) is 0 Å². The molecule has 3 aromatic rings. The largest absolute Gasteiger partial charge is 0.490 e. The molecule has 0 radical (unpaired) electrons. The van der Waals surface area contributed by atoms with Crippen molar-refractivity contribution in [1.82, 2.24) is 9.80 Å². The van der Waals surface area contributed by atoms with Gasteiger partial charge in [0.25, 0.3) is 5.91 Å². The molecule has 0 aliphatic carbocycles. The monoisotopic (exact) mass is 704 g/mol. The van der Waals surface area contributed by atoms with Crippen LogP contribution in [0.5, 0.6) is 17.2 Å². The topological polar surface area (TPSA) is 159 Å². The van der Waals surface area contributed by atoms with Crippen LogP contribution in [0.2, 0.25) is 0 Å². The summed E-state index contributed by atoms with van der Waals surface area (Å²) in [7, 11) is 1.98. The number of amides is 3. The Morgan fingerprint density at radius 2 is 1.65 bits per heavy atom. The van der Waals surface area contributed by atoms with Crippen molar-refractivity contribution in [2.45, 2.75) is 64.8 Å². The number of nitrogens with one attached hydrogen (secondary N) is 2. The number of carboxylic acids is 1. The van der Waals surface area contributed by atoms with E-state index < -0.39 is 18.0 Å². The zero-order valence-corrected chi connectivity index (χ0v) is 29.6. The number of aliphatic hydroxyl groups excluding tert-OH is 1. The molecule has 4 N–H and O–H groups in total. The molecule has 0 saturated carbocycles. The van der Waals surface area contributed by atoms with Crippen molar-refractivity contribution >= 4 is 29.3 Å². The summed E-state index contributed by atoms with van der Waals surface area (Å²) in [6.07, 6.45) is 2.02. The highest BCUT2D eigenvalue weighted by Gasteiger charge is 2.30. The van der Waals surface area contributed by atoms with Gasteiger partial charge in [0.2, 0.25) is 6.79 Å². The summed E-state index contributed by atoms with van der Waals surface area (Å²) in [5.74, 6) is 0.108. The summed E-state index contributed by atoms with van der Waals surface area (Å²) in [5, 5.41) is 25.1. The average molecular weight is 705 g/mol. The Hall–Kier alpha value is -4.85. The number of ether oxygens (including phenoxy) is 4. The maximum atomic E-state index is 14.4. The number of rotatable bonds is 9. The van der Waals surface area contributed by atoms with E-state index in [9.17, 15) is 24.6 Å². The number of hydrogen-bond acceptors (Lipinski definition) is 9. The molecule has 0 aromatic heterocycles. The number of aromatic carboxylic acids is 1. The molecule has 0 bridgehead atoms.